The minimum atomic E-state index is -0.382. The Bertz CT molecular complexity index is 934. The first-order valence-corrected chi connectivity index (χ1v) is 10.0. The van der Waals surface area contributed by atoms with Crippen molar-refractivity contribution in [1.29, 1.82) is 0 Å². The van der Waals surface area contributed by atoms with Crippen molar-refractivity contribution in [3.8, 4) is 23.0 Å². The molecule has 3 aromatic rings. The van der Waals surface area contributed by atoms with Crippen LogP contribution in [0.15, 0.2) is 72.8 Å². The summed E-state index contributed by atoms with van der Waals surface area (Å²) in [5.74, 6) is 2.57. The van der Waals surface area contributed by atoms with Gasteiger partial charge in [0.05, 0.1) is 42.2 Å². The van der Waals surface area contributed by atoms with Crippen LogP contribution >= 0.6 is 0 Å². The summed E-state index contributed by atoms with van der Waals surface area (Å²) in [6, 6.07) is 22.3. The molecule has 0 N–H and O–H groups in total. The highest BCUT2D eigenvalue weighted by molar-refractivity contribution is 5.92. The molecule has 178 valence electrons. The second-order valence-corrected chi connectivity index (χ2v) is 6.29. The maximum absolute atomic E-state index is 11.1. The van der Waals surface area contributed by atoms with Crippen LogP contribution in [-0.4, -0.2) is 48.6 Å². The molecule has 0 radical (unpaired) electrons. The molecule has 0 bridgehead atoms. The molecular formula is C26H32O7. The van der Waals surface area contributed by atoms with Crippen molar-refractivity contribution in [2.75, 3.05) is 42.7 Å². The van der Waals surface area contributed by atoms with Gasteiger partial charge in [-0.3, -0.25) is 0 Å². The SMILES string of the molecule is COC(=O)c1ccccc1OC.COCc1ccccc1OC.COc1ccccc1OC. The van der Waals surface area contributed by atoms with Crippen molar-refractivity contribution >= 4 is 5.97 Å². The summed E-state index contributed by atoms with van der Waals surface area (Å²) in [7, 11) is 9.44. The molecule has 0 heterocycles. The standard InChI is InChI=1S/C9H10O3.C9H12O2.C8H10O2/c1-11-8-6-4-3-5-7(8)9(10)12-2;1-10-7-8-5-3-4-6-9(8)11-2;1-9-7-5-3-4-6-8(7)10-2/h3-6H,1-2H3;3-6H,7H2,1-2H3;3-6H,1-2H3. The molecule has 0 unspecified atom stereocenters. The number of benzene rings is 3. The molecule has 7 heteroatoms. The quantitative estimate of drug-likeness (QED) is 0.462. The first kappa shape index (κ1) is 27.3. The molecule has 0 aliphatic carbocycles. The molecule has 0 saturated carbocycles. The van der Waals surface area contributed by atoms with E-state index in [1.165, 1.54) is 14.2 Å². The average molecular weight is 457 g/mol. The highest BCUT2D eigenvalue weighted by atomic mass is 16.5. The van der Waals surface area contributed by atoms with Gasteiger partial charge in [0.25, 0.3) is 0 Å². The van der Waals surface area contributed by atoms with E-state index in [9.17, 15) is 4.79 Å². The zero-order chi connectivity index (χ0) is 24.5. The van der Waals surface area contributed by atoms with Gasteiger partial charge in [-0.15, -0.1) is 0 Å². The van der Waals surface area contributed by atoms with Crippen LogP contribution in [0.2, 0.25) is 0 Å². The van der Waals surface area contributed by atoms with Crippen LogP contribution in [0.25, 0.3) is 0 Å². The highest BCUT2D eigenvalue weighted by Crippen LogP contribution is 2.24. The Morgan fingerprint density at radius 3 is 1.45 bits per heavy atom. The minimum absolute atomic E-state index is 0.382. The molecule has 0 aliphatic heterocycles. The largest absolute Gasteiger partial charge is 0.496 e. The Kier molecular flexibility index (Phi) is 13.2. The predicted molar refractivity (Wildman–Crippen MR) is 128 cm³/mol. The van der Waals surface area contributed by atoms with Crippen LogP contribution in [0, 0.1) is 0 Å². The molecule has 0 fully saturated rings. The summed E-state index contributed by atoms with van der Waals surface area (Å²) in [5, 5.41) is 0. The van der Waals surface area contributed by atoms with Crippen molar-refractivity contribution < 1.29 is 33.2 Å². The minimum Gasteiger partial charge on any atom is -0.496 e. The Morgan fingerprint density at radius 2 is 1.00 bits per heavy atom. The van der Waals surface area contributed by atoms with E-state index in [1.807, 2.05) is 48.5 Å². The van der Waals surface area contributed by atoms with E-state index in [-0.39, 0.29) is 5.97 Å². The lowest BCUT2D eigenvalue weighted by atomic mass is 10.2. The maximum Gasteiger partial charge on any atom is 0.341 e. The molecule has 0 aliphatic rings. The van der Waals surface area contributed by atoms with E-state index in [1.54, 1.807) is 52.7 Å². The molecule has 7 nitrogen and oxygen atoms in total. The fourth-order valence-electron chi connectivity index (χ4n) is 2.69. The van der Waals surface area contributed by atoms with Crippen LogP contribution in [0.5, 0.6) is 23.0 Å². The third-order valence-corrected chi connectivity index (χ3v) is 4.29. The normalized spacial score (nSPS) is 9.27. The Morgan fingerprint density at radius 1 is 0.576 bits per heavy atom. The van der Waals surface area contributed by atoms with Gasteiger partial charge in [-0.05, 0) is 30.3 Å². The van der Waals surface area contributed by atoms with Crippen molar-refractivity contribution in [3.05, 3.63) is 83.9 Å². The van der Waals surface area contributed by atoms with Crippen molar-refractivity contribution in [1.82, 2.24) is 0 Å². The van der Waals surface area contributed by atoms with Crippen LogP contribution in [0.3, 0.4) is 0 Å². The van der Waals surface area contributed by atoms with E-state index >= 15 is 0 Å². The van der Waals surface area contributed by atoms with Crippen LogP contribution < -0.4 is 18.9 Å². The van der Waals surface area contributed by atoms with Gasteiger partial charge in [0.15, 0.2) is 11.5 Å². The Balaban J connectivity index is 0.000000249. The molecule has 33 heavy (non-hydrogen) atoms. The molecule has 0 atom stereocenters. The third kappa shape index (κ3) is 9.13. The maximum atomic E-state index is 11.1. The number of rotatable bonds is 7. The molecule has 0 aromatic heterocycles. The van der Waals surface area contributed by atoms with E-state index in [4.69, 9.17) is 23.7 Å². The van der Waals surface area contributed by atoms with Gasteiger partial charge in [-0.1, -0.05) is 42.5 Å². The first-order chi connectivity index (χ1) is 16.1. The van der Waals surface area contributed by atoms with E-state index in [0.29, 0.717) is 17.9 Å². The van der Waals surface area contributed by atoms with Gasteiger partial charge >= 0.3 is 5.97 Å². The summed E-state index contributed by atoms with van der Waals surface area (Å²) in [4.78, 5) is 11.1. The fraction of sp³-hybridized carbons (Fsp3) is 0.269. The first-order valence-electron chi connectivity index (χ1n) is 10.0. The molecule has 3 aromatic carbocycles. The molecule has 0 spiro atoms. The van der Waals surface area contributed by atoms with Gasteiger partial charge in [0, 0.05) is 12.7 Å². The lowest BCUT2D eigenvalue weighted by molar-refractivity contribution is 0.0597. The van der Waals surface area contributed by atoms with Gasteiger partial charge in [0.1, 0.15) is 17.1 Å². The zero-order valence-corrected chi connectivity index (χ0v) is 20.0. The van der Waals surface area contributed by atoms with Crippen molar-refractivity contribution in [2.45, 2.75) is 6.61 Å². The Hall–Kier alpha value is -3.71. The molecule has 0 amide bonds. The number of hydrogen-bond acceptors (Lipinski definition) is 7. The van der Waals surface area contributed by atoms with Crippen molar-refractivity contribution in [3.63, 3.8) is 0 Å². The summed E-state index contributed by atoms with van der Waals surface area (Å²) in [5.41, 5.74) is 1.53. The number of ether oxygens (including phenoxy) is 6. The summed E-state index contributed by atoms with van der Waals surface area (Å²) in [6.07, 6.45) is 0. The molecule has 0 saturated heterocycles. The van der Waals surface area contributed by atoms with E-state index in [0.717, 1.165) is 22.8 Å². The highest BCUT2D eigenvalue weighted by Gasteiger charge is 2.10. The predicted octanol–water partition coefficient (Wildman–Crippen LogP) is 5.03. The molecule has 3 rings (SSSR count). The number of esters is 1. The van der Waals surface area contributed by atoms with Gasteiger partial charge in [-0.25, -0.2) is 4.79 Å². The van der Waals surface area contributed by atoms with E-state index in [2.05, 4.69) is 4.74 Å². The number of methoxy groups -OCH3 is 6. The van der Waals surface area contributed by atoms with Gasteiger partial charge < -0.3 is 28.4 Å². The fourth-order valence-corrected chi connectivity index (χ4v) is 2.69. The summed E-state index contributed by atoms with van der Waals surface area (Å²) >= 11 is 0. The Labute approximate surface area is 195 Å². The van der Waals surface area contributed by atoms with E-state index < -0.39 is 0 Å². The third-order valence-electron chi connectivity index (χ3n) is 4.29. The molecular weight excluding hydrogens is 424 g/mol. The number of carbonyl (C=O) groups is 1. The monoisotopic (exact) mass is 456 g/mol. The average Bonchev–Trinajstić information content (AvgIpc) is 2.89. The van der Waals surface area contributed by atoms with Crippen molar-refractivity contribution in [2.24, 2.45) is 0 Å². The lowest BCUT2D eigenvalue weighted by Gasteiger charge is -2.05. The second kappa shape index (κ2) is 16.0. The summed E-state index contributed by atoms with van der Waals surface area (Å²) < 4.78 is 29.7. The van der Waals surface area contributed by atoms with Crippen LogP contribution in [0.1, 0.15) is 15.9 Å². The van der Waals surface area contributed by atoms with Crippen LogP contribution in [-0.2, 0) is 16.1 Å². The topological polar surface area (TPSA) is 72.5 Å². The number of carbonyl (C=O) groups excluding carboxylic acids is 1. The zero-order valence-electron chi connectivity index (χ0n) is 20.0. The van der Waals surface area contributed by atoms with Gasteiger partial charge in [0.2, 0.25) is 0 Å². The summed E-state index contributed by atoms with van der Waals surface area (Å²) in [6.45, 7) is 0.601. The van der Waals surface area contributed by atoms with Gasteiger partial charge in [-0.2, -0.15) is 0 Å². The second-order valence-electron chi connectivity index (χ2n) is 6.29. The smallest absolute Gasteiger partial charge is 0.341 e. The lowest BCUT2D eigenvalue weighted by Crippen LogP contribution is -2.03. The number of para-hydroxylation sites is 4. The number of hydrogen-bond donors (Lipinski definition) is 0. The van der Waals surface area contributed by atoms with Crippen LogP contribution in [0.4, 0.5) is 0 Å².